The van der Waals surface area contributed by atoms with Gasteiger partial charge >= 0.3 is 0 Å². The fraction of sp³-hybridized carbons (Fsp3) is 0.214. The zero-order valence-corrected chi connectivity index (χ0v) is 18.7. The second-order valence-electron chi connectivity index (χ2n) is 8.68. The van der Waals surface area contributed by atoms with E-state index < -0.39 is 0 Å². The van der Waals surface area contributed by atoms with E-state index in [1.165, 1.54) is 12.1 Å². The van der Waals surface area contributed by atoms with Crippen LogP contribution in [0.5, 0.6) is 0 Å². The second-order valence-corrected chi connectivity index (χ2v) is 8.68. The number of hydrogen-bond donors (Lipinski definition) is 0. The molecular formula is C28H25FN2O3. The minimum atomic E-state index is -0.325. The van der Waals surface area contributed by atoms with Gasteiger partial charge in [-0.1, -0.05) is 42.5 Å². The standard InChI is InChI=1S/C28H25FN2O3/c29-24-11-7-20(8-12-24)17-30(18-26-6-3-15-34-26)27(32)19-31(25-13-14-25)28(33)23-10-9-21-4-1-2-5-22(21)16-23/h1-12,15-16,25H,13-14,17-19H2. The molecule has 2 amide bonds. The zero-order valence-electron chi connectivity index (χ0n) is 18.7. The molecule has 1 fully saturated rings. The number of halogens is 1. The number of furan rings is 1. The van der Waals surface area contributed by atoms with Gasteiger partial charge in [0.05, 0.1) is 12.8 Å². The van der Waals surface area contributed by atoms with Crippen molar-refractivity contribution >= 4 is 22.6 Å². The topological polar surface area (TPSA) is 53.8 Å². The van der Waals surface area contributed by atoms with Crippen LogP contribution < -0.4 is 0 Å². The summed E-state index contributed by atoms with van der Waals surface area (Å²) in [5.41, 5.74) is 1.38. The summed E-state index contributed by atoms with van der Waals surface area (Å²) >= 11 is 0. The third-order valence-corrected chi connectivity index (χ3v) is 6.12. The number of hydrogen-bond acceptors (Lipinski definition) is 3. The van der Waals surface area contributed by atoms with E-state index in [1.54, 1.807) is 34.3 Å². The summed E-state index contributed by atoms with van der Waals surface area (Å²) in [5.74, 6) is 0.00550. The third kappa shape index (κ3) is 5.01. The first-order valence-corrected chi connectivity index (χ1v) is 11.4. The Morgan fingerprint density at radius 1 is 0.882 bits per heavy atom. The van der Waals surface area contributed by atoms with Crippen LogP contribution in [-0.4, -0.2) is 34.2 Å². The maximum Gasteiger partial charge on any atom is 0.254 e. The number of amides is 2. The fourth-order valence-electron chi connectivity index (χ4n) is 4.12. The Kier molecular flexibility index (Phi) is 6.12. The van der Waals surface area contributed by atoms with Gasteiger partial charge in [0.15, 0.2) is 0 Å². The van der Waals surface area contributed by atoms with Crippen molar-refractivity contribution in [1.29, 1.82) is 0 Å². The molecule has 0 unspecified atom stereocenters. The van der Waals surface area contributed by atoms with Gasteiger partial charge < -0.3 is 14.2 Å². The van der Waals surface area contributed by atoms with Crippen LogP contribution in [0.3, 0.4) is 0 Å². The number of rotatable bonds is 8. The molecule has 0 spiro atoms. The lowest BCUT2D eigenvalue weighted by atomic mass is 10.1. The molecule has 0 N–H and O–H groups in total. The summed E-state index contributed by atoms with van der Waals surface area (Å²) in [6, 6.07) is 23.3. The molecule has 0 aliphatic heterocycles. The van der Waals surface area contributed by atoms with Crippen molar-refractivity contribution < 1.29 is 18.4 Å². The molecule has 3 aromatic carbocycles. The van der Waals surface area contributed by atoms with Crippen LogP contribution in [0.2, 0.25) is 0 Å². The van der Waals surface area contributed by atoms with Gasteiger partial charge in [-0.2, -0.15) is 0 Å². The van der Waals surface area contributed by atoms with E-state index in [1.807, 2.05) is 48.5 Å². The van der Waals surface area contributed by atoms with Crippen LogP contribution in [-0.2, 0) is 17.9 Å². The second kappa shape index (κ2) is 9.51. The van der Waals surface area contributed by atoms with E-state index in [0.29, 0.717) is 17.9 Å². The Morgan fingerprint density at radius 2 is 1.65 bits per heavy atom. The minimum Gasteiger partial charge on any atom is -0.467 e. The van der Waals surface area contributed by atoms with Crippen molar-refractivity contribution in [3.63, 3.8) is 0 Å². The van der Waals surface area contributed by atoms with Crippen LogP contribution in [0.25, 0.3) is 10.8 Å². The number of fused-ring (bicyclic) bond motifs is 1. The fourth-order valence-corrected chi connectivity index (χ4v) is 4.12. The van der Waals surface area contributed by atoms with Gasteiger partial charge in [0.1, 0.15) is 18.1 Å². The summed E-state index contributed by atoms with van der Waals surface area (Å²) in [4.78, 5) is 30.2. The van der Waals surface area contributed by atoms with E-state index in [-0.39, 0.29) is 36.8 Å². The molecule has 6 heteroatoms. The summed E-state index contributed by atoms with van der Waals surface area (Å²) in [6.07, 6.45) is 3.35. The predicted molar refractivity (Wildman–Crippen MR) is 127 cm³/mol. The maximum atomic E-state index is 13.4. The minimum absolute atomic E-state index is 0.0156. The molecule has 1 aliphatic rings. The molecular weight excluding hydrogens is 431 g/mol. The maximum absolute atomic E-state index is 13.4. The van der Waals surface area contributed by atoms with Gasteiger partial charge in [0.2, 0.25) is 5.91 Å². The first-order valence-electron chi connectivity index (χ1n) is 11.4. The molecule has 0 atom stereocenters. The van der Waals surface area contributed by atoms with Crippen molar-refractivity contribution in [2.45, 2.75) is 32.0 Å². The van der Waals surface area contributed by atoms with Gasteiger partial charge in [-0.3, -0.25) is 9.59 Å². The summed E-state index contributed by atoms with van der Waals surface area (Å²) in [6.45, 7) is 0.548. The predicted octanol–water partition coefficient (Wildman–Crippen LogP) is 5.41. The van der Waals surface area contributed by atoms with Gasteiger partial charge in [0.25, 0.3) is 5.91 Å². The monoisotopic (exact) mass is 456 g/mol. The number of carbonyl (C=O) groups is 2. The van der Waals surface area contributed by atoms with Crippen molar-refractivity contribution in [1.82, 2.24) is 9.80 Å². The van der Waals surface area contributed by atoms with Crippen molar-refractivity contribution in [3.05, 3.63) is 108 Å². The third-order valence-electron chi connectivity index (χ3n) is 6.12. The molecule has 1 aromatic heterocycles. The van der Waals surface area contributed by atoms with E-state index >= 15 is 0 Å². The Labute approximate surface area is 197 Å². The average Bonchev–Trinajstić information content (AvgIpc) is 3.57. The smallest absolute Gasteiger partial charge is 0.254 e. The molecule has 0 bridgehead atoms. The highest BCUT2D eigenvalue weighted by atomic mass is 19.1. The van der Waals surface area contributed by atoms with Crippen LogP contribution >= 0.6 is 0 Å². The van der Waals surface area contributed by atoms with Gasteiger partial charge in [-0.05, 0) is 65.6 Å². The lowest BCUT2D eigenvalue weighted by Gasteiger charge is -2.27. The molecule has 172 valence electrons. The molecule has 1 heterocycles. The van der Waals surface area contributed by atoms with Crippen molar-refractivity contribution in [2.24, 2.45) is 0 Å². The molecule has 0 radical (unpaired) electrons. The highest BCUT2D eigenvalue weighted by molar-refractivity contribution is 6.00. The summed E-state index contributed by atoms with van der Waals surface area (Å²) in [7, 11) is 0. The highest BCUT2D eigenvalue weighted by Gasteiger charge is 2.35. The normalized spacial score (nSPS) is 13.1. The van der Waals surface area contributed by atoms with Crippen LogP contribution in [0, 0.1) is 5.82 Å². The van der Waals surface area contributed by atoms with Gasteiger partial charge in [-0.25, -0.2) is 4.39 Å². The van der Waals surface area contributed by atoms with E-state index in [9.17, 15) is 14.0 Å². The first-order chi connectivity index (χ1) is 16.6. The van der Waals surface area contributed by atoms with E-state index in [0.717, 1.165) is 29.2 Å². The van der Waals surface area contributed by atoms with Crippen LogP contribution in [0.4, 0.5) is 4.39 Å². The number of nitrogens with zero attached hydrogens (tertiary/aromatic N) is 2. The Balaban J connectivity index is 1.36. The quantitative estimate of drug-likeness (QED) is 0.356. The van der Waals surface area contributed by atoms with Crippen molar-refractivity contribution in [2.75, 3.05) is 6.54 Å². The highest BCUT2D eigenvalue weighted by Crippen LogP contribution is 2.29. The Bertz CT molecular complexity index is 1300. The SMILES string of the molecule is O=C(CN(C(=O)c1ccc2ccccc2c1)C1CC1)N(Cc1ccc(F)cc1)Cc1ccco1. The number of carbonyl (C=O) groups excluding carboxylic acids is 2. The molecule has 1 saturated carbocycles. The zero-order chi connectivity index (χ0) is 23.5. The summed E-state index contributed by atoms with van der Waals surface area (Å²) < 4.78 is 18.8. The van der Waals surface area contributed by atoms with Gasteiger partial charge in [-0.15, -0.1) is 0 Å². The van der Waals surface area contributed by atoms with Gasteiger partial charge in [0, 0.05) is 18.2 Å². The molecule has 0 saturated heterocycles. The van der Waals surface area contributed by atoms with E-state index in [2.05, 4.69) is 0 Å². The van der Waals surface area contributed by atoms with Crippen molar-refractivity contribution in [3.8, 4) is 0 Å². The van der Waals surface area contributed by atoms with Crippen LogP contribution in [0.1, 0.15) is 34.5 Å². The molecule has 34 heavy (non-hydrogen) atoms. The molecule has 5 rings (SSSR count). The largest absolute Gasteiger partial charge is 0.467 e. The first kappa shape index (κ1) is 21.9. The lowest BCUT2D eigenvalue weighted by Crippen LogP contribution is -2.43. The summed E-state index contributed by atoms with van der Waals surface area (Å²) in [5, 5.41) is 2.06. The lowest BCUT2D eigenvalue weighted by molar-refractivity contribution is -0.133. The van der Waals surface area contributed by atoms with Crippen LogP contribution in [0.15, 0.2) is 89.5 Å². The molecule has 5 nitrogen and oxygen atoms in total. The van der Waals surface area contributed by atoms with E-state index in [4.69, 9.17) is 4.42 Å². The number of benzene rings is 3. The Morgan fingerprint density at radius 3 is 2.35 bits per heavy atom. The molecule has 4 aromatic rings. The molecule has 1 aliphatic carbocycles. The average molecular weight is 457 g/mol. The Hall–Kier alpha value is -3.93.